The first-order valence-electron chi connectivity index (χ1n) is 26.7. The van der Waals surface area contributed by atoms with E-state index in [1.54, 1.807) is 0 Å². The minimum Gasteiger partial charge on any atom is -0.477 e. The Balaban J connectivity index is 4.04. The molecule has 0 bridgehead atoms. The molecule has 2 unspecified atom stereocenters. The number of hydrogen-bond donors (Lipinski definition) is 1. The number of aliphatic carboxylic acids is 1. The van der Waals surface area contributed by atoms with Crippen LogP contribution in [0, 0.1) is 0 Å². The lowest BCUT2D eigenvalue weighted by Crippen LogP contribution is -2.40. The molecular weight excluding hydrogens is 803 g/mol. The number of carboxylic acid groups (broad SMARTS) is 1. The van der Waals surface area contributed by atoms with E-state index in [9.17, 15) is 19.5 Å². The third kappa shape index (κ3) is 47.5. The number of quaternary nitrogens is 1. The predicted octanol–water partition coefficient (Wildman–Crippen LogP) is 15.0. The maximum atomic E-state index is 12.8. The first-order chi connectivity index (χ1) is 31.1. The zero-order chi connectivity index (χ0) is 47.0. The van der Waals surface area contributed by atoms with Gasteiger partial charge in [0.1, 0.15) is 13.2 Å². The van der Waals surface area contributed by atoms with E-state index in [0.29, 0.717) is 17.4 Å². The zero-order valence-corrected chi connectivity index (χ0v) is 42.4. The molecule has 0 radical (unpaired) electrons. The molecule has 0 amide bonds. The van der Waals surface area contributed by atoms with Crippen molar-refractivity contribution in [3.05, 3.63) is 36.5 Å². The molecule has 0 aliphatic rings. The SMILES string of the molecule is CCCCCCC/C=C\C/C=C\C/C=C\CCCCCCCCCCCCCCCCCCC(=O)OC(COC(=O)CCCCCCCCCC)COC(OCC[N+](C)(C)C)C(=O)O. The van der Waals surface area contributed by atoms with Gasteiger partial charge in [-0.2, -0.15) is 0 Å². The number of carboxylic acids is 1. The van der Waals surface area contributed by atoms with Crippen molar-refractivity contribution in [2.24, 2.45) is 0 Å². The van der Waals surface area contributed by atoms with Crippen molar-refractivity contribution in [2.75, 3.05) is 47.5 Å². The Morgan fingerprint density at radius 1 is 0.469 bits per heavy atom. The molecule has 0 spiro atoms. The average molecular weight is 905 g/mol. The summed E-state index contributed by atoms with van der Waals surface area (Å²) >= 11 is 0. The van der Waals surface area contributed by atoms with Crippen molar-refractivity contribution in [1.82, 2.24) is 0 Å². The van der Waals surface area contributed by atoms with Crippen LogP contribution in [0.15, 0.2) is 36.5 Å². The topological polar surface area (TPSA) is 108 Å². The van der Waals surface area contributed by atoms with E-state index in [1.165, 1.54) is 161 Å². The maximum absolute atomic E-state index is 12.8. The lowest BCUT2D eigenvalue weighted by atomic mass is 10.0. The second-order valence-electron chi connectivity index (χ2n) is 19.2. The molecule has 0 aliphatic carbocycles. The molecule has 0 fully saturated rings. The molecule has 9 nitrogen and oxygen atoms in total. The molecule has 2 atom stereocenters. The lowest BCUT2D eigenvalue weighted by Gasteiger charge is -2.25. The highest BCUT2D eigenvalue weighted by Gasteiger charge is 2.25. The van der Waals surface area contributed by atoms with Gasteiger partial charge in [-0.25, -0.2) is 4.79 Å². The van der Waals surface area contributed by atoms with Crippen LogP contribution in [0.3, 0.4) is 0 Å². The summed E-state index contributed by atoms with van der Waals surface area (Å²) in [6.07, 6.45) is 52.4. The van der Waals surface area contributed by atoms with E-state index >= 15 is 0 Å². The minimum absolute atomic E-state index is 0.179. The van der Waals surface area contributed by atoms with E-state index in [2.05, 4.69) is 50.3 Å². The van der Waals surface area contributed by atoms with Gasteiger partial charge in [0.15, 0.2) is 6.10 Å². The Labute approximate surface area is 394 Å². The summed E-state index contributed by atoms with van der Waals surface area (Å²) in [6, 6.07) is 0. The number of carbonyl (C=O) groups excluding carboxylic acids is 2. The summed E-state index contributed by atoms with van der Waals surface area (Å²) in [4.78, 5) is 37.1. The van der Waals surface area contributed by atoms with Crippen molar-refractivity contribution < 1.29 is 42.9 Å². The van der Waals surface area contributed by atoms with Crippen LogP contribution in [-0.4, -0.2) is 87.4 Å². The normalized spacial score (nSPS) is 13.1. The quantitative estimate of drug-likeness (QED) is 0.0211. The summed E-state index contributed by atoms with van der Waals surface area (Å²) in [5.41, 5.74) is 0. The van der Waals surface area contributed by atoms with Crippen molar-refractivity contribution in [2.45, 2.75) is 251 Å². The van der Waals surface area contributed by atoms with Gasteiger partial charge >= 0.3 is 17.9 Å². The second-order valence-corrected chi connectivity index (χ2v) is 19.2. The van der Waals surface area contributed by atoms with Crippen LogP contribution in [-0.2, 0) is 33.3 Å². The van der Waals surface area contributed by atoms with E-state index in [1.807, 2.05) is 21.1 Å². The highest BCUT2D eigenvalue weighted by atomic mass is 16.7. The number of nitrogens with zero attached hydrogens (tertiary/aromatic N) is 1. The van der Waals surface area contributed by atoms with Crippen molar-refractivity contribution in [1.29, 1.82) is 0 Å². The molecule has 374 valence electrons. The van der Waals surface area contributed by atoms with E-state index < -0.39 is 24.3 Å². The monoisotopic (exact) mass is 905 g/mol. The number of esters is 2. The molecule has 0 aliphatic heterocycles. The average Bonchev–Trinajstić information content (AvgIpc) is 3.26. The molecule has 1 N–H and O–H groups in total. The molecule has 0 aromatic rings. The van der Waals surface area contributed by atoms with Gasteiger partial charge in [0.25, 0.3) is 6.29 Å². The van der Waals surface area contributed by atoms with Crippen LogP contribution < -0.4 is 0 Å². The molecule has 0 aromatic heterocycles. The number of hydrogen-bond acceptors (Lipinski definition) is 7. The number of carbonyl (C=O) groups is 3. The van der Waals surface area contributed by atoms with Crippen molar-refractivity contribution in [3.8, 4) is 0 Å². The van der Waals surface area contributed by atoms with Crippen LogP contribution in [0.25, 0.3) is 0 Å². The Bertz CT molecular complexity index is 1150. The molecule has 0 heterocycles. The number of unbranched alkanes of at least 4 members (excludes halogenated alkanes) is 28. The van der Waals surface area contributed by atoms with Gasteiger partial charge < -0.3 is 28.5 Å². The molecule has 0 rings (SSSR count). The predicted molar refractivity (Wildman–Crippen MR) is 267 cm³/mol. The number of ether oxygens (including phenoxy) is 4. The molecule has 0 aromatic carbocycles. The second kappa shape index (κ2) is 47.0. The van der Waals surface area contributed by atoms with Gasteiger partial charge in [-0.3, -0.25) is 9.59 Å². The fourth-order valence-electron chi connectivity index (χ4n) is 7.49. The highest BCUT2D eigenvalue weighted by Crippen LogP contribution is 2.16. The number of allylic oxidation sites excluding steroid dienone is 6. The van der Waals surface area contributed by atoms with Gasteiger partial charge in [0.2, 0.25) is 0 Å². The van der Waals surface area contributed by atoms with Crippen LogP contribution in [0.2, 0.25) is 0 Å². The van der Waals surface area contributed by atoms with E-state index in [-0.39, 0.29) is 32.2 Å². The van der Waals surface area contributed by atoms with Gasteiger partial charge in [-0.15, -0.1) is 0 Å². The maximum Gasteiger partial charge on any atom is 0.361 e. The number of likely N-dealkylation sites (N-methyl/N-ethyl adjacent to an activating group) is 1. The van der Waals surface area contributed by atoms with Crippen LogP contribution >= 0.6 is 0 Å². The smallest absolute Gasteiger partial charge is 0.361 e. The Morgan fingerprint density at radius 2 is 0.844 bits per heavy atom. The summed E-state index contributed by atoms with van der Waals surface area (Å²) in [6.45, 7) is 4.84. The van der Waals surface area contributed by atoms with Crippen LogP contribution in [0.4, 0.5) is 0 Å². The largest absolute Gasteiger partial charge is 0.477 e. The van der Waals surface area contributed by atoms with Crippen molar-refractivity contribution in [3.63, 3.8) is 0 Å². The summed E-state index contributed by atoms with van der Waals surface area (Å²) < 4.78 is 22.7. The molecule has 9 heteroatoms. The molecule has 0 saturated carbocycles. The Kier molecular flexibility index (Phi) is 45.2. The van der Waals surface area contributed by atoms with E-state index in [4.69, 9.17) is 18.9 Å². The van der Waals surface area contributed by atoms with Crippen LogP contribution in [0.5, 0.6) is 0 Å². The first kappa shape index (κ1) is 61.5. The third-order valence-corrected chi connectivity index (χ3v) is 11.6. The standard InChI is InChI=1S/C55H101NO8/c1-6-8-10-12-14-16-17-18-19-20-21-22-23-24-25-26-27-28-29-30-31-32-33-34-35-36-37-38-40-42-44-46-53(58)64-51(50-63-55(54(59)60)61-48-47-56(3,4)5)49-62-52(57)45-43-41-39-15-13-11-9-7-2/h17-18,20-21,23-24,51,55H,6-16,19,22,25-50H2,1-5H3/p+1/b18-17-,21-20-,24-23-. The lowest BCUT2D eigenvalue weighted by molar-refractivity contribution is -0.870. The van der Waals surface area contributed by atoms with Gasteiger partial charge in [0.05, 0.1) is 34.4 Å². The van der Waals surface area contributed by atoms with Gasteiger partial charge in [-0.05, 0) is 51.4 Å². The summed E-state index contributed by atoms with van der Waals surface area (Å²) in [7, 11) is 5.96. The summed E-state index contributed by atoms with van der Waals surface area (Å²) in [5.74, 6) is -2.00. The first-order valence-corrected chi connectivity index (χ1v) is 26.7. The number of rotatable bonds is 49. The fourth-order valence-corrected chi connectivity index (χ4v) is 7.49. The molecular formula is C55H102NO8+. The zero-order valence-electron chi connectivity index (χ0n) is 42.4. The molecule has 64 heavy (non-hydrogen) atoms. The minimum atomic E-state index is -1.50. The van der Waals surface area contributed by atoms with Crippen LogP contribution in [0.1, 0.15) is 239 Å². The fraction of sp³-hybridized carbons (Fsp3) is 0.836. The third-order valence-electron chi connectivity index (χ3n) is 11.6. The Hall–Kier alpha value is -2.49. The summed E-state index contributed by atoms with van der Waals surface area (Å²) in [5, 5.41) is 9.64. The van der Waals surface area contributed by atoms with Crippen molar-refractivity contribution >= 4 is 17.9 Å². The van der Waals surface area contributed by atoms with Gasteiger partial charge in [0, 0.05) is 12.8 Å². The molecule has 0 saturated heterocycles. The van der Waals surface area contributed by atoms with Gasteiger partial charge in [-0.1, -0.05) is 211 Å². The highest BCUT2D eigenvalue weighted by molar-refractivity contribution is 5.71. The van der Waals surface area contributed by atoms with E-state index in [0.717, 1.165) is 51.4 Å². The Morgan fingerprint density at radius 3 is 1.25 bits per heavy atom.